The van der Waals surface area contributed by atoms with Crippen LogP contribution in [0.15, 0.2) is 57.5 Å². The van der Waals surface area contributed by atoms with Gasteiger partial charge in [0.15, 0.2) is 16.3 Å². The second-order valence-electron chi connectivity index (χ2n) is 9.42. The van der Waals surface area contributed by atoms with E-state index in [0.717, 1.165) is 11.3 Å². The molecule has 4 rings (SSSR count). The van der Waals surface area contributed by atoms with Gasteiger partial charge in [0.05, 0.1) is 41.0 Å². The van der Waals surface area contributed by atoms with Crippen molar-refractivity contribution in [3.8, 4) is 11.5 Å². The van der Waals surface area contributed by atoms with Crippen molar-refractivity contribution < 1.29 is 28.7 Å². The number of hydrogen-bond donors (Lipinski definition) is 0. The van der Waals surface area contributed by atoms with Crippen molar-refractivity contribution >= 4 is 34.8 Å². The minimum Gasteiger partial charge on any atom is -0.493 e. The van der Waals surface area contributed by atoms with E-state index in [9.17, 15) is 19.7 Å². The zero-order chi connectivity index (χ0) is 30.6. The number of ether oxygens (including phenoxy) is 4. The van der Waals surface area contributed by atoms with Crippen LogP contribution in [0.4, 0.5) is 11.4 Å². The number of esters is 1. The minimum atomic E-state index is -0.944. The molecule has 0 fully saturated rings. The molecule has 0 N–H and O–H groups in total. The third-order valence-electron chi connectivity index (χ3n) is 6.55. The number of hydrogen-bond acceptors (Lipinski definition) is 11. The fraction of sp³-hybridized carbons (Fsp3) is 0.345. The van der Waals surface area contributed by atoms with Gasteiger partial charge in [0.2, 0.25) is 0 Å². The van der Waals surface area contributed by atoms with Crippen molar-refractivity contribution in [1.29, 1.82) is 0 Å². The monoisotopic (exact) mass is 596 g/mol. The molecule has 0 aliphatic carbocycles. The van der Waals surface area contributed by atoms with Gasteiger partial charge in [-0.05, 0) is 37.6 Å². The number of carbonyl (C=O) groups excluding carboxylic acids is 1. The van der Waals surface area contributed by atoms with Crippen LogP contribution < -0.4 is 29.3 Å². The average Bonchev–Trinajstić information content (AvgIpc) is 3.26. The van der Waals surface area contributed by atoms with Crippen molar-refractivity contribution in [2.24, 2.45) is 4.99 Å². The molecule has 1 aliphatic rings. The first-order valence-electron chi connectivity index (χ1n) is 13.1. The summed E-state index contributed by atoms with van der Waals surface area (Å²) in [6, 6.07) is 9.06. The standard InChI is InChI=1S/C29H32N4O8S/c1-7-40-26-19(9-8-10-22(26)39-6)25-24(28(35)41-14-13-38-5)17(2)30-29-32(25)27(34)23(42-29)16-18-11-12-20(31(3)4)21(15-18)33(36)37/h8-12,15-16,25H,7,13-14H2,1-6H3/b23-16+/t25-/m1/s1. The van der Waals surface area contributed by atoms with Crippen LogP contribution in [0, 0.1) is 10.1 Å². The van der Waals surface area contributed by atoms with E-state index < -0.39 is 22.5 Å². The summed E-state index contributed by atoms with van der Waals surface area (Å²) < 4.78 is 23.7. The number of carbonyl (C=O) groups is 1. The molecule has 1 aromatic heterocycles. The number of methoxy groups -OCH3 is 2. The Balaban J connectivity index is 1.96. The van der Waals surface area contributed by atoms with Gasteiger partial charge in [-0.25, -0.2) is 9.79 Å². The quantitative estimate of drug-likeness (QED) is 0.142. The number of para-hydroxylation sites is 1. The lowest BCUT2D eigenvalue weighted by molar-refractivity contribution is -0.384. The Hall–Kier alpha value is -4.49. The summed E-state index contributed by atoms with van der Waals surface area (Å²) in [6.07, 6.45) is 1.58. The van der Waals surface area contributed by atoms with Gasteiger partial charge < -0.3 is 23.8 Å². The van der Waals surface area contributed by atoms with E-state index in [1.807, 2.05) is 6.92 Å². The molecule has 1 atom stereocenters. The predicted molar refractivity (Wildman–Crippen MR) is 158 cm³/mol. The molecule has 2 aromatic carbocycles. The summed E-state index contributed by atoms with van der Waals surface area (Å²) in [5.74, 6) is 0.174. The van der Waals surface area contributed by atoms with Gasteiger partial charge in [-0.1, -0.05) is 29.5 Å². The zero-order valence-electron chi connectivity index (χ0n) is 24.2. The highest BCUT2D eigenvalue weighted by molar-refractivity contribution is 7.07. The van der Waals surface area contributed by atoms with E-state index in [0.29, 0.717) is 45.4 Å². The van der Waals surface area contributed by atoms with Gasteiger partial charge in [-0.15, -0.1) is 0 Å². The molecule has 2 heterocycles. The molecule has 0 spiro atoms. The SMILES string of the molecule is CCOc1c(OC)cccc1[C@@H]1C(C(=O)OCCOC)=C(C)N=c2s/c(=C/c3ccc(N(C)C)c([N+](=O)[O-])c3)c(=O)n21. The molecule has 13 heteroatoms. The third-order valence-corrected chi connectivity index (χ3v) is 7.53. The largest absolute Gasteiger partial charge is 0.493 e. The van der Waals surface area contributed by atoms with Gasteiger partial charge in [0, 0.05) is 32.8 Å². The van der Waals surface area contributed by atoms with Crippen LogP contribution in [0.2, 0.25) is 0 Å². The van der Waals surface area contributed by atoms with Gasteiger partial charge in [0.1, 0.15) is 18.3 Å². The number of thiazole rings is 1. The summed E-state index contributed by atoms with van der Waals surface area (Å²) in [7, 11) is 6.44. The van der Waals surface area contributed by atoms with Gasteiger partial charge in [-0.3, -0.25) is 19.5 Å². The van der Waals surface area contributed by atoms with E-state index in [2.05, 4.69) is 4.99 Å². The van der Waals surface area contributed by atoms with E-state index in [-0.39, 0.29) is 29.0 Å². The number of fused-ring (bicyclic) bond motifs is 1. The highest BCUT2D eigenvalue weighted by Gasteiger charge is 2.36. The lowest BCUT2D eigenvalue weighted by Gasteiger charge is -2.27. The second kappa shape index (κ2) is 13.0. The molecule has 0 bridgehead atoms. The minimum absolute atomic E-state index is 0.0153. The average molecular weight is 597 g/mol. The Morgan fingerprint density at radius 2 is 1.98 bits per heavy atom. The molecule has 42 heavy (non-hydrogen) atoms. The number of anilines is 1. The topological polar surface area (TPSA) is 135 Å². The molecular formula is C29H32N4O8S. The Labute approximate surface area is 245 Å². The maximum atomic E-state index is 14.0. The first-order valence-corrected chi connectivity index (χ1v) is 13.9. The highest BCUT2D eigenvalue weighted by atomic mass is 32.1. The van der Waals surface area contributed by atoms with Crippen molar-refractivity contribution in [3.05, 3.63) is 88.6 Å². The maximum Gasteiger partial charge on any atom is 0.338 e. The van der Waals surface area contributed by atoms with Crippen LogP contribution in [-0.4, -0.2) is 63.6 Å². The number of benzene rings is 2. The molecule has 12 nitrogen and oxygen atoms in total. The summed E-state index contributed by atoms with van der Waals surface area (Å²) in [5, 5.41) is 11.7. The Kier molecular flexibility index (Phi) is 9.43. The van der Waals surface area contributed by atoms with Crippen molar-refractivity contribution in [1.82, 2.24) is 4.57 Å². The smallest absolute Gasteiger partial charge is 0.338 e. The summed E-state index contributed by atoms with van der Waals surface area (Å²) in [4.78, 5) is 45.3. The fourth-order valence-corrected chi connectivity index (χ4v) is 5.73. The van der Waals surface area contributed by atoms with Gasteiger partial charge in [0.25, 0.3) is 11.2 Å². The van der Waals surface area contributed by atoms with Gasteiger partial charge in [-0.2, -0.15) is 0 Å². The van der Waals surface area contributed by atoms with E-state index in [1.54, 1.807) is 62.3 Å². The molecule has 0 radical (unpaired) electrons. The lowest BCUT2D eigenvalue weighted by Crippen LogP contribution is -2.40. The Morgan fingerprint density at radius 3 is 2.62 bits per heavy atom. The van der Waals surface area contributed by atoms with Crippen LogP contribution in [0.5, 0.6) is 11.5 Å². The number of nitrogens with zero attached hydrogens (tertiary/aromatic N) is 4. The van der Waals surface area contributed by atoms with E-state index in [4.69, 9.17) is 18.9 Å². The second-order valence-corrected chi connectivity index (χ2v) is 10.4. The van der Waals surface area contributed by atoms with Crippen LogP contribution >= 0.6 is 11.3 Å². The van der Waals surface area contributed by atoms with Crippen LogP contribution in [-0.2, 0) is 14.3 Å². The van der Waals surface area contributed by atoms with Crippen LogP contribution in [0.25, 0.3) is 6.08 Å². The summed E-state index contributed by atoms with van der Waals surface area (Å²) in [5.41, 5.74) is 1.46. The summed E-state index contributed by atoms with van der Waals surface area (Å²) >= 11 is 1.12. The highest BCUT2D eigenvalue weighted by Crippen LogP contribution is 2.40. The van der Waals surface area contributed by atoms with Gasteiger partial charge >= 0.3 is 5.97 Å². The number of allylic oxidation sites excluding steroid dienone is 1. The fourth-order valence-electron chi connectivity index (χ4n) is 4.69. The lowest BCUT2D eigenvalue weighted by atomic mass is 9.94. The molecule has 0 saturated carbocycles. The van der Waals surface area contributed by atoms with Crippen molar-refractivity contribution in [2.75, 3.05) is 53.0 Å². The molecule has 222 valence electrons. The number of nitro benzene ring substituents is 1. The molecule has 0 unspecified atom stereocenters. The van der Waals surface area contributed by atoms with E-state index in [1.165, 1.54) is 24.9 Å². The third kappa shape index (κ3) is 5.92. The molecule has 0 amide bonds. The Bertz CT molecular complexity index is 1720. The van der Waals surface area contributed by atoms with E-state index >= 15 is 0 Å². The predicted octanol–water partition coefficient (Wildman–Crippen LogP) is 2.81. The zero-order valence-corrected chi connectivity index (χ0v) is 25.0. The normalized spacial score (nSPS) is 14.7. The van der Waals surface area contributed by atoms with Crippen molar-refractivity contribution in [2.45, 2.75) is 19.9 Å². The molecule has 0 saturated heterocycles. The van der Waals surface area contributed by atoms with Crippen LogP contribution in [0.3, 0.4) is 0 Å². The number of nitro groups is 1. The number of rotatable bonds is 11. The molecule has 1 aliphatic heterocycles. The molecule has 3 aromatic rings. The molecular weight excluding hydrogens is 564 g/mol. The van der Waals surface area contributed by atoms with Crippen LogP contribution in [0.1, 0.15) is 31.0 Å². The summed E-state index contributed by atoms with van der Waals surface area (Å²) in [6.45, 7) is 4.03. The van der Waals surface area contributed by atoms with Crippen molar-refractivity contribution in [3.63, 3.8) is 0 Å². The first kappa shape index (κ1) is 30.5. The Morgan fingerprint density at radius 1 is 1.21 bits per heavy atom. The first-order chi connectivity index (χ1) is 20.1. The maximum absolute atomic E-state index is 14.0. The number of aromatic nitrogens is 1.